The smallest absolute Gasteiger partial charge is 0.0711 e. The lowest BCUT2D eigenvalue weighted by Crippen LogP contribution is -1.97. The Balaban J connectivity index is 0.00000237. The van der Waals surface area contributed by atoms with Crippen LogP contribution in [-0.2, 0) is 0 Å². The summed E-state index contributed by atoms with van der Waals surface area (Å²) >= 11 is 0. The van der Waals surface area contributed by atoms with Crippen molar-refractivity contribution in [3.8, 4) is 11.1 Å². The zero-order chi connectivity index (χ0) is 30.5. The summed E-state index contributed by atoms with van der Waals surface area (Å²) in [6.07, 6.45) is 7.92. The Morgan fingerprint density at radius 1 is 0.667 bits per heavy atom. The summed E-state index contributed by atoms with van der Waals surface area (Å²) in [5, 5.41) is 0. The molecule has 42 heavy (non-hydrogen) atoms. The minimum absolute atomic E-state index is 0.716. The molecule has 0 heterocycles. The predicted octanol–water partition coefficient (Wildman–Crippen LogP) is 10.3. The third-order valence-corrected chi connectivity index (χ3v) is 6.58. The molecule has 0 aliphatic carbocycles. The van der Waals surface area contributed by atoms with Gasteiger partial charge in [0, 0.05) is 22.6 Å². The van der Waals surface area contributed by atoms with E-state index in [1.54, 1.807) is 6.08 Å². The minimum Gasteiger partial charge on any atom is -0.399 e. The molecule has 0 bridgehead atoms. The van der Waals surface area contributed by atoms with Crippen LogP contribution in [0.4, 0.5) is 11.4 Å². The Bertz CT molecular complexity index is 1650. The fraction of sp³-hybridized carbons (Fsp3) is 0.103. The lowest BCUT2D eigenvalue weighted by atomic mass is 9.99. The first-order chi connectivity index (χ1) is 20.3. The highest BCUT2D eigenvalue weighted by Crippen LogP contribution is 2.29. The van der Waals surface area contributed by atoms with Crippen molar-refractivity contribution in [1.82, 2.24) is 0 Å². The van der Waals surface area contributed by atoms with Crippen LogP contribution in [0.3, 0.4) is 0 Å². The van der Waals surface area contributed by atoms with Crippen molar-refractivity contribution in [2.24, 2.45) is 4.99 Å². The second-order valence-electron chi connectivity index (χ2n) is 9.63. The Morgan fingerprint density at radius 2 is 1.24 bits per heavy atom. The Morgan fingerprint density at radius 3 is 1.88 bits per heavy atom. The number of anilines is 2. The summed E-state index contributed by atoms with van der Waals surface area (Å²) in [7, 11) is 0. The molecule has 4 aromatic carbocycles. The van der Waals surface area contributed by atoms with Crippen molar-refractivity contribution in [3.05, 3.63) is 163 Å². The van der Waals surface area contributed by atoms with Crippen LogP contribution >= 0.6 is 0 Å². The summed E-state index contributed by atoms with van der Waals surface area (Å²) < 4.78 is 0. The number of rotatable bonds is 9. The summed E-state index contributed by atoms with van der Waals surface area (Å²) in [6, 6.07) is 34.2. The molecule has 0 saturated heterocycles. The highest BCUT2D eigenvalue weighted by molar-refractivity contribution is 6.03. The van der Waals surface area contributed by atoms with Gasteiger partial charge in [0.25, 0.3) is 0 Å². The number of hydrogen-bond acceptors (Lipinski definition) is 3. The van der Waals surface area contributed by atoms with Crippen LogP contribution < -0.4 is 11.5 Å². The van der Waals surface area contributed by atoms with Crippen LogP contribution in [-0.4, -0.2) is 5.71 Å². The van der Waals surface area contributed by atoms with Crippen molar-refractivity contribution in [2.75, 3.05) is 11.5 Å². The van der Waals surface area contributed by atoms with Gasteiger partial charge in [-0.25, -0.2) is 0 Å². The zero-order valence-electron chi connectivity index (χ0n) is 25.1. The van der Waals surface area contributed by atoms with E-state index in [1.807, 2.05) is 99.7 Å². The number of benzene rings is 4. The molecular weight excluding hydrogens is 510 g/mol. The molecule has 0 fully saturated rings. The Hall–Kier alpha value is -5.15. The zero-order valence-corrected chi connectivity index (χ0v) is 25.1. The third kappa shape index (κ3) is 8.67. The fourth-order valence-electron chi connectivity index (χ4n) is 4.34. The molecule has 0 saturated carbocycles. The lowest BCUT2D eigenvalue weighted by molar-refractivity contribution is 1.44. The number of nitrogens with zero attached hydrogens (tertiary/aromatic N) is 1. The molecule has 4 aromatic rings. The summed E-state index contributed by atoms with van der Waals surface area (Å²) in [4.78, 5) is 5.14. The van der Waals surface area contributed by atoms with Gasteiger partial charge in [0.15, 0.2) is 0 Å². The van der Waals surface area contributed by atoms with Gasteiger partial charge in [-0.3, -0.25) is 4.99 Å². The molecule has 3 heteroatoms. The maximum Gasteiger partial charge on any atom is 0.0711 e. The monoisotopic (exact) mass is 551 g/mol. The molecule has 0 spiro atoms. The van der Waals surface area contributed by atoms with Crippen molar-refractivity contribution in [2.45, 2.75) is 27.7 Å². The second-order valence-corrected chi connectivity index (χ2v) is 9.63. The van der Waals surface area contributed by atoms with Crippen molar-refractivity contribution in [3.63, 3.8) is 0 Å². The topological polar surface area (TPSA) is 64.4 Å². The quantitative estimate of drug-likeness (QED) is 0.123. The summed E-state index contributed by atoms with van der Waals surface area (Å²) in [5.74, 6) is 0. The average molecular weight is 552 g/mol. The van der Waals surface area contributed by atoms with Crippen LogP contribution in [0.5, 0.6) is 0 Å². The van der Waals surface area contributed by atoms with Gasteiger partial charge in [-0.2, -0.15) is 0 Å². The highest BCUT2D eigenvalue weighted by atomic mass is 14.8. The third-order valence-electron chi connectivity index (χ3n) is 6.58. The molecule has 3 nitrogen and oxygen atoms in total. The van der Waals surface area contributed by atoms with Crippen molar-refractivity contribution in [1.29, 1.82) is 0 Å². The number of nitrogens with two attached hydrogens (primary N) is 2. The van der Waals surface area contributed by atoms with Crippen LogP contribution in [0.25, 0.3) is 28.0 Å². The molecule has 0 aliphatic heterocycles. The molecule has 4 N–H and O–H groups in total. The van der Waals surface area contributed by atoms with Gasteiger partial charge in [-0.05, 0) is 95.3 Å². The number of aliphatic imine (C=N–C) groups is 1. The minimum atomic E-state index is 0.716. The van der Waals surface area contributed by atoms with E-state index in [4.69, 9.17) is 16.5 Å². The van der Waals surface area contributed by atoms with E-state index in [2.05, 4.69) is 62.6 Å². The maximum absolute atomic E-state index is 6.07. The molecule has 0 aromatic heterocycles. The molecule has 0 atom stereocenters. The number of nitrogen functional groups attached to an aromatic ring is 2. The largest absolute Gasteiger partial charge is 0.399 e. The molecule has 212 valence electrons. The molecule has 0 aliphatic rings. The highest BCUT2D eigenvalue weighted by Gasteiger charge is 2.08. The van der Waals surface area contributed by atoms with E-state index in [1.165, 1.54) is 0 Å². The van der Waals surface area contributed by atoms with E-state index in [-0.39, 0.29) is 0 Å². The van der Waals surface area contributed by atoms with Gasteiger partial charge < -0.3 is 11.5 Å². The van der Waals surface area contributed by atoms with Gasteiger partial charge in [-0.1, -0.05) is 112 Å². The van der Waals surface area contributed by atoms with Crippen molar-refractivity contribution < 1.29 is 0 Å². The van der Waals surface area contributed by atoms with Gasteiger partial charge in [0.1, 0.15) is 0 Å². The van der Waals surface area contributed by atoms with Crippen LogP contribution in [0.1, 0.15) is 44.4 Å². The number of allylic oxidation sites excluding steroid dienone is 7. The molecule has 0 radical (unpaired) electrons. The lowest BCUT2D eigenvalue weighted by Gasteiger charge is -2.11. The van der Waals surface area contributed by atoms with Gasteiger partial charge in [-0.15, -0.1) is 0 Å². The summed E-state index contributed by atoms with van der Waals surface area (Å²) in [5.41, 5.74) is 23.4. The molecule has 0 unspecified atom stereocenters. The van der Waals surface area contributed by atoms with E-state index >= 15 is 0 Å². The van der Waals surface area contributed by atoms with Crippen LogP contribution in [0.2, 0.25) is 0 Å². The fourth-order valence-corrected chi connectivity index (χ4v) is 4.34. The molecular formula is C39H41N3. The first-order valence-corrected chi connectivity index (χ1v) is 14.2. The maximum atomic E-state index is 6.07. The predicted molar refractivity (Wildman–Crippen MR) is 187 cm³/mol. The Labute approximate surface area is 251 Å². The molecule has 0 amide bonds. The average Bonchev–Trinajstić information content (AvgIpc) is 3.02. The van der Waals surface area contributed by atoms with E-state index in [0.29, 0.717) is 5.69 Å². The van der Waals surface area contributed by atoms with Gasteiger partial charge >= 0.3 is 0 Å². The normalized spacial score (nSPS) is 12.3. The standard InChI is InChI=1S/C37H35N3.C2H6/c1-5-12-30(32-16-10-19-35(38)24-32)21-26(2)28(4)40-37(22-27(3)29-13-7-6-8-14-29)34-18-9-15-31(23-34)33-17-11-20-36(39)25-33;1-2/h5-25H,1,3,38-39H2,2,4H3;1-2H3/b26-21+,30-12+,37-22-,40-28+;. The second kappa shape index (κ2) is 15.6. The number of hydrogen-bond donors (Lipinski definition) is 2. The van der Waals surface area contributed by atoms with Gasteiger partial charge in [0.2, 0.25) is 0 Å². The SMILES string of the molecule is C=C\C=C(/C=C(C)/C(C)=N/C(=C\C(=C)c1ccccc1)c1cccc(-c2cccc(N)c2)c1)c1cccc(N)c1.CC. The first kappa shape index (κ1) is 31.4. The van der Waals surface area contributed by atoms with Crippen LogP contribution in [0.15, 0.2) is 151 Å². The van der Waals surface area contributed by atoms with Gasteiger partial charge in [0.05, 0.1) is 5.70 Å². The Kier molecular flexibility index (Phi) is 11.6. The van der Waals surface area contributed by atoms with E-state index < -0.39 is 0 Å². The van der Waals surface area contributed by atoms with E-state index in [0.717, 1.165) is 61.6 Å². The first-order valence-electron chi connectivity index (χ1n) is 14.2. The van der Waals surface area contributed by atoms with E-state index in [9.17, 15) is 0 Å². The van der Waals surface area contributed by atoms with Crippen LogP contribution in [0, 0.1) is 0 Å². The molecule has 4 rings (SSSR count). The van der Waals surface area contributed by atoms with Crippen molar-refractivity contribution >= 4 is 33.9 Å². The summed E-state index contributed by atoms with van der Waals surface area (Å²) in [6.45, 7) is 16.3.